The second-order valence-corrected chi connectivity index (χ2v) is 10.6. The molecule has 200 valence electrons. The lowest BCUT2D eigenvalue weighted by Crippen LogP contribution is -2.55. The zero-order chi connectivity index (χ0) is 26.6. The van der Waals surface area contributed by atoms with E-state index in [-0.39, 0.29) is 34.6 Å². The molecule has 13 heteroatoms. The van der Waals surface area contributed by atoms with Crippen LogP contribution in [0.15, 0.2) is 28.1 Å². The van der Waals surface area contributed by atoms with Crippen LogP contribution in [0.3, 0.4) is 0 Å². The summed E-state index contributed by atoms with van der Waals surface area (Å²) < 4.78 is 78.4. The first-order chi connectivity index (χ1) is 17.5. The highest BCUT2D eigenvalue weighted by molar-refractivity contribution is 7.99. The molecule has 6 nitrogen and oxygen atoms in total. The van der Waals surface area contributed by atoms with E-state index in [1.54, 1.807) is 0 Å². The molecule has 1 fully saturated rings. The lowest BCUT2D eigenvalue weighted by atomic mass is 9.92. The van der Waals surface area contributed by atoms with Crippen LogP contribution in [0.5, 0.6) is 0 Å². The van der Waals surface area contributed by atoms with Crippen molar-refractivity contribution in [1.29, 1.82) is 0 Å². The number of piperazine rings is 1. The summed E-state index contributed by atoms with van der Waals surface area (Å²) >= 11 is 6.96. The number of amidine groups is 1. The number of thioether (sulfide) groups is 1. The van der Waals surface area contributed by atoms with Gasteiger partial charge in [0, 0.05) is 72.7 Å². The molecular formula is C24H24ClF5N4O2S. The van der Waals surface area contributed by atoms with Gasteiger partial charge in [-0.3, -0.25) is 0 Å². The quantitative estimate of drug-likeness (QED) is 0.413. The van der Waals surface area contributed by atoms with E-state index < -0.39 is 52.0 Å². The molecule has 0 aliphatic carbocycles. The number of nitrogens with zero attached hydrogens (tertiary/aromatic N) is 3. The molecule has 0 bridgehead atoms. The first kappa shape index (κ1) is 26.5. The largest absolute Gasteiger partial charge is 0.417 e. The number of aliphatic hydroxyl groups is 1. The van der Waals surface area contributed by atoms with Crippen molar-refractivity contribution in [3.05, 3.63) is 46.0 Å². The fourth-order valence-corrected chi connectivity index (χ4v) is 6.46. The monoisotopic (exact) mass is 562 g/mol. The normalized spacial score (nSPS) is 24.0. The molecular weight excluding hydrogens is 539 g/mol. The number of benzene rings is 2. The maximum atomic E-state index is 15.1. The Balaban J connectivity index is 1.85. The van der Waals surface area contributed by atoms with Crippen LogP contribution in [-0.2, 0) is 10.9 Å². The van der Waals surface area contributed by atoms with E-state index in [2.05, 4.69) is 10.3 Å². The molecule has 0 radical (unpaired) electrons. The van der Waals surface area contributed by atoms with Crippen molar-refractivity contribution in [1.82, 2.24) is 10.2 Å². The number of halogens is 6. The molecule has 0 amide bonds. The van der Waals surface area contributed by atoms with E-state index >= 15 is 4.39 Å². The maximum Gasteiger partial charge on any atom is 0.417 e. The molecule has 5 rings (SSSR count). The average molecular weight is 563 g/mol. The Bertz CT molecular complexity index is 1260. The summed E-state index contributed by atoms with van der Waals surface area (Å²) in [5.74, 6) is -1.79. The lowest BCUT2D eigenvalue weighted by Gasteiger charge is -2.42. The van der Waals surface area contributed by atoms with Crippen LogP contribution in [0.2, 0.25) is 5.02 Å². The second-order valence-electron chi connectivity index (χ2n) is 9.14. The summed E-state index contributed by atoms with van der Waals surface area (Å²) in [4.78, 5) is 7.86. The SMILES string of the molecule is CO[C@@H]1CSc2c(-c3cc(Cl)c(F)cc3F)c(C(F)(F)F)cc3c2N(C1)C(O)N=C3N1CCNC[C@@H]1C. The third-order valence-electron chi connectivity index (χ3n) is 6.81. The van der Waals surface area contributed by atoms with Crippen molar-refractivity contribution >= 4 is 34.9 Å². The van der Waals surface area contributed by atoms with Crippen molar-refractivity contribution in [3.8, 4) is 11.1 Å². The van der Waals surface area contributed by atoms with Gasteiger partial charge in [0.15, 0.2) is 0 Å². The molecule has 3 aliphatic heterocycles. The lowest BCUT2D eigenvalue weighted by molar-refractivity contribution is -0.137. The van der Waals surface area contributed by atoms with Gasteiger partial charge in [0.1, 0.15) is 17.5 Å². The molecule has 2 aromatic rings. The topological polar surface area (TPSA) is 60.3 Å². The van der Waals surface area contributed by atoms with Crippen LogP contribution in [0.4, 0.5) is 27.6 Å². The van der Waals surface area contributed by atoms with E-state index in [0.717, 1.165) is 23.9 Å². The van der Waals surface area contributed by atoms with Gasteiger partial charge in [-0.1, -0.05) is 11.6 Å². The maximum absolute atomic E-state index is 15.1. The number of aliphatic hydroxyl groups excluding tert-OH is 1. The van der Waals surface area contributed by atoms with Gasteiger partial charge < -0.3 is 25.0 Å². The molecule has 2 N–H and O–H groups in total. The van der Waals surface area contributed by atoms with Gasteiger partial charge in [0.05, 0.1) is 22.4 Å². The molecule has 2 aromatic carbocycles. The number of rotatable bonds is 2. The average Bonchev–Trinajstić information content (AvgIpc) is 3.04. The predicted molar refractivity (Wildman–Crippen MR) is 132 cm³/mol. The Morgan fingerprint density at radius 1 is 1.16 bits per heavy atom. The highest BCUT2D eigenvalue weighted by atomic mass is 35.5. The molecule has 0 saturated carbocycles. The summed E-state index contributed by atoms with van der Waals surface area (Å²) in [5.41, 5.74) is -1.55. The van der Waals surface area contributed by atoms with E-state index in [1.807, 2.05) is 11.8 Å². The van der Waals surface area contributed by atoms with E-state index in [4.69, 9.17) is 16.3 Å². The Labute approximate surface area is 219 Å². The number of anilines is 1. The van der Waals surface area contributed by atoms with E-state index in [0.29, 0.717) is 31.4 Å². The van der Waals surface area contributed by atoms with Crippen molar-refractivity contribution in [2.45, 2.75) is 36.5 Å². The van der Waals surface area contributed by atoms with Gasteiger partial charge >= 0.3 is 6.18 Å². The van der Waals surface area contributed by atoms with Crippen LogP contribution in [0.1, 0.15) is 18.1 Å². The first-order valence-electron chi connectivity index (χ1n) is 11.6. The highest BCUT2D eigenvalue weighted by Crippen LogP contribution is 2.52. The zero-order valence-corrected chi connectivity index (χ0v) is 21.4. The molecule has 37 heavy (non-hydrogen) atoms. The molecule has 3 atom stereocenters. The minimum atomic E-state index is -4.89. The summed E-state index contributed by atoms with van der Waals surface area (Å²) in [6, 6.07) is 2.20. The fourth-order valence-electron chi connectivity index (χ4n) is 4.97. The number of hydrogen-bond donors (Lipinski definition) is 2. The Hall–Kier alpha value is -2.12. The molecule has 3 heterocycles. The molecule has 3 aliphatic rings. The van der Waals surface area contributed by atoms with Crippen LogP contribution < -0.4 is 10.2 Å². The van der Waals surface area contributed by atoms with Crippen LogP contribution in [0, 0.1) is 11.6 Å². The first-order valence-corrected chi connectivity index (χ1v) is 13.0. The Morgan fingerprint density at radius 3 is 2.59 bits per heavy atom. The van der Waals surface area contributed by atoms with Crippen LogP contribution in [0.25, 0.3) is 11.1 Å². The zero-order valence-electron chi connectivity index (χ0n) is 19.9. The Kier molecular flexibility index (Phi) is 7.07. The summed E-state index contributed by atoms with van der Waals surface area (Å²) in [5, 5.41) is 13.8. The van der Waals surface area contributed by atoms with Gasteiger partial charge in [0.2, 0.25) is 6.35 Å². The predicted octanol–water partition coefficient (Wildman–Crippen LogP) is 4.56. The van der Waals surface area contributed by atoms with Crippen molar-refractivity contribution in [2.24, 2.45) is 4.99 Å². The minimum absolute atomic E-state index is 0.0974. The van der Waals surface area contributed by atoms with Gasteiger partial charge in [-0.15, -0.1) is 11.8 Å². The fraction of sp³-hybridized carbons (Fsp3) is 0.458. The number of aliphatic imine (C=N–C) groups is 1. The minimum Gasteiger partial charge on any atom is -0.379 e. The summed E-state index contributed by atoms with van der Waals surface area (Å²) in [6.07, 6.45) is -6.74. The smallest absolute Gasteiger partial charge is 0.379 e. The summed E-state index contributed by atoms with van der Waals surface area (Å²) in [6.45, 7) is 3.72. The van der Waals surface area contributed by atoms with Crippen molar-refractivity contribution < 1.29 is 31.8 Å². The Morgan fingerprint density at radius 2 is 1.92 bits per heavy atom. The summed E-state index contributed by atoms with van der Waals surface area (Å²) in [7, 11) is 1.47. The number of ether oxygens (including phenoxy) is 1. The van der Waals surface area contributed by atoms with Crippen molar-refractivity contribution in [2.75, 3.05) is 43.9 Å². The van der Waals surface area contributed by atoms with Crippen molar-refractivity contribution in [3.63, 3.8) is 0 Å². The second kappa shape index (κ2) is 9.88. The third kappa shape index (κ3) is 4.67. The molecule has 1 unspecified atom stereocenters. The third-order valence-corrected chi connectivity index (χ3v) is 8.32. The van der Waals surface area contributed by atoms with Gasteiger partial charge in [0.25, 0.3) is 0 Å². The number of hydrogen-bond acceptors (Lipinski definition) is 7. The van der Waals surface area contributed by atoms with Gasteiger partial charge in [-0.05, 0) is 19.1 Å². The van der Waals surface area contributed by atoms with Gasteiger partial charge in [-0.2, -0.15) is 13.2 Å². The van der Waals surface area contributed by atoms with Crippen LogP contribution in [-0.4, -0.2) is 73.4 Å². The molecule has 0 spiro atoms. The number of alkyl halides is 3. The number of nitrogens with one attached hydrogen (secondary N) is 1. The van der Waals surface area contributed by atoms with Crippen LogP contribution >= 0.6 is 23.4 Å². The highest BCUT2D eigenvalue weighted by Gasteiger charge is 2.43. The van der Waals surface area contributed by atoms with E-state index in [9.17, 15) is 22.7 Å². The van der Waals surface area contributed by atoms with E-state index in [1.165, 1.54) is 12.0 Å². The molecule has 0 aromatic heterocycles. The molecule has 1 saturated heterocycles. The van der Waals surface area contributed by atoms with Gasteiger partial charge in [-0.25, -0.2) is 13.8 Å². The number of methoxy groups -OCH3 is 1. The standard InChI is InChI=1S/C24H24ClF5N4O2S/c1-11-8-31-3-4-33(11)22-14-5-15(24(28,29)30)19(13-6-16(25)18(27)7-17(13)26)21-20(14)34(23(35)32-22)9-12(36-2)10-37-21/h5-7,11-12,23,31,35H,3-4,8-10H2,1-2H3/t11-,12-,23?/m0/s1.